The Morgan fingerprint density at radius 2 is 1.70 bits per heavy atom. The second kappa shape index (κ2) is 10.3. The molecule has 0 radical (unpaired) electrons. The van der Waals surface area contributed by atoms with Crippen LogP contribution in [-0.2, 0) is 4.79 Å². The highest BCUT2D eigenvalue weighted by molar-refractivity contribution is 5.86. The number of likely N-dealkylation sites (tertiary alicyclic amines) is 1. The highest BCUT2D eigenvalue weighted by Gasteiger charge is 2.25. The molecular formula is C21H34N4O2. The number of nitrogens with zero attached hydrogens (tertiary/aromatic N) is 1. The third kappa shape index (κ3) is 6.54. The summed E-state index contributed by atoms with van der Waals surface area (Å²) in [6.07, 6.45) is 2.70. The van der Waals surface area contributed by atoms with Gasteiger partial charge in [0, 0.05) is 31.2 Å². The van der Waals surface area contributed by atoms with Gasteiger partial charge in [0.15, 0.2) is 0 Å². The summed E-state index contributed by atoms with van der Waals surface area (Å²) in [4.78, 5) is 26.7. The van der Waals surface area contributed by atoms with E-state index in [1.165, 1.54) is 5.56 Å². The van der Waals surface area contributed by atoms with Crippen molar-refractivity contribution in [1.29, 1.82) is 0 Å². The summed E-state index contributed by atoms with van der Waals surface area (Å²) in [6, 6.07) is 10.3. The zero-order chi connectivity index (χ0) is 19.8. The van der Waals surface area contributed by atoms with Crippen molar-refractivity contribution in [1.82, 2.24) is 20.9 Å². The number of nitrogens with one attached hydrogen (secondary N) is 3. The number of hydrogen-bond acceptors (Lipinski definition) is 3. The molecule has 0 bridgehead atoms. The summed E-state index contributed by atoms with van der Waals surface area (Å²) in [5.74, 6) is -0.147. The monoisotopic (exact) mass is 374 g/mol. The predicted molar refractivity (Wildman–Crippen MR) is 108 cm³/mol. The molecule has 3 N–H and O–H groups in total. The predicted octanol–water partition coefficient (Wildman–Crippen LogP) is 2.81. The molecule has 2 rings (SSSR count). The first-order valence-electron chi connectivity index (χ1n) is 10.1. The number of urea groups is 1. The van der Waals surface area contributed by atoms with Crippen molar-refractivity contribution in [2.24, 2.45) is 0 Å². The lowest BCUT2D eigenvalue weighted by Gasteiger charge is -2.36. The third-order valence-corrected chi connectivity index (χ3v) is 5.44. The molecule has 1 aliphatic heterocycles. The van der Waals surface area contributed by atoms with Gasteiger partial charge in [-0.05, 0) is 45.6 Å². The van der Waals surface area contributed by atoms with Crippen LogP contribution in [0.3, 0.4) is 0 Å². The number of benzene rings is 1. The maximum absolute atomic E-state index is 12.2. The van der Waals surface area contributed by atoms with Crippen molar-refractivity contribution in [3.05, 3.63) is 35.9 Å². The average molecular weight is 375 g/mol. The Kier molecular flexibility index (Phi) is 8.10. The van der Waals surface area contributed by atoms with E-state index in [0.717, 1.165) is 32.4 Å². The lowest BCUT2D eigenvalue weighted by Crippen LogP contribution is -2.53. The number of amides is 3. The highest BCUT2D eigenvalue weighted by Crippen LogP contribution is 2.23. The number of hydrogen-bond donors (Lipinski definition) is 3. The van der Waals surface area contributed by atoms with E-state index in [0.29, 0.717) is 6.04 Å². The van der Waals surface area contributed by atoms with E-state index >= 15 is 0 Å². The summed E-state index contributed by atoms with van der Waals surface area (Å²) in [5, 5.41) is 8.64. The Labute approximate surface area is 163 Å². The van der Waals surface area contributed by atoms with Gasteiger partial charge in [-0.3, -0.25) is 9.69 Å². The van der Waals surface area contributed by atoms with Crippen LogP contribution in [0.2, 0.25) is 0 Å². The fraction of sp³-hybridized carbons (Fsp3) is 0.619. The Bertz CT molecular complexity index is 599. The molecule has 6 nitrogen and oxygen atoms in total. The van der Waals surface area contributed by atoms with Crippen molar-refractivity contribution in [2.45, 2.75) is 71.1 Å². The van der Waals surface area contributed by atoms with Gasteiger partial charge in [0.05, 0.1) is 0 Å². The van der Waals surface area contributed by atoms with Crippen LogP contribution in [0.15, 0.2) is 30.3 Å². The molecular weight excluding hydrogens is 340 g/mol. The van der Waals surface area contributed by atoms with E-state index in [1.807, 2.05) is 19.9 Å². The van der Waals surface area contributed by atoms with E-state index in [-0.39, 0.29) is 24.0 Å². The van der Waals surface area contributed by atoms with Gasteiger partial charge in [-0.25, -0.2) is 4.79 Å². The van der Waals surface area contributed by atoms with Gasteiger partial charge in [-0.2, -0.15) is 0 Å². The summed E-state index contributed by atoms with van der Waals surface area (Å²) in [6.45, 7) is 9.81. The van der Waals surface area contributed by atoms with Crippen LogP contribution in [0, 0.1) is 0 Å². The molecule has 3 unspecified atom stereocenters. The van der Waals surface area contributed by atoms with E-state index < -0.39 is 6.04 Å². The zero-order valence-corrected chi connectivity index (χ0v) is 17.0. The van der Waals surface area contributed by atoms with Gasteiger partial charge in [0.2, 0.25) is 5.91 Å². The fourth-order valence-corrected chi connectivity index (χ4v) is 3.33. The first-order chi connectivity index (χ1) is 12.9. The molecule has 0 aliphatic carbocycles. The SMILES string of the molecule is CCC(C)NC(=O)C(C)NC(=O)NC1CCN(C(C)c2ccccc2)CC1. The minimum atomic E-state index is -0.544. The largest absolute Gasteiger partial charge is 0.352 e. The van der Waals surface area contributed by atoms with Crippen LogP contribution >= 0.6 is 0 Å². The molecule has 6 heteroatoms. The van der Waals surface area contributed by atoms with Gasteiger partial charge in [0.1, 0.15) is 6.04 Å². The fourth-order valence-electron chi connectivity index (χ4n) is 3.33. The molecule has 1 heterocycles. The molecule has 0 aromatic heterocycles. The molecule has 0 spiro atoms. The van der Waals surface area contributed by atoms with Gasteiger partial charge >= 0.3 is 6.03 Å². The topological polar surface area (TPSA) is 73.5 Å². The minimum Gasteiger partial charge on any atom is -0.352 e. The Morgan fingerprint density at radius 3 is 2.30 bits per heavy atom. The Morgan fingerprint density at radius 1 is 1.07 bits per heavy atom. The van der Waals surface area contributed by atoms with Crippen molar-refractivity contribution in [3.63, 3.8) is 0 Å². The highest BCUT2D eigenvalue weighted by atomic mass is 16.2. The number of rotatable bonds is 7. The lowest BCUT2D eigenvalue weighted by molar-refractivity contribution is -0.123. The molecule has 3 atom stereocenters. The number of carbonyl (C=O) groups excluding carboxylic acids is 2. The Hall–Kier alpha value is -2.08. The lowest BCUT2D eigenvalue weighted by atomic mass is 10.0. The Balaban J connectivity index is 1.73. The van der Waals surface area contributed by atoms with Crippen molar-refractivity contribution >= 4 is 11.9 Å². The maximum Gasteiger partial charge on any atom is 0.315 e. The van der Waals surface area contributed by atoms with Crippen molar-refractivity contribution in [3.8, 4) is 0 Å². The van der Waals surface area contributed by atoms with Crippen molar-refractivity contribution < 1.29 is 9.59 Å². The van der Waals surface area contributed by atoms with E-state index in [1.54, 1.807) is 6.92 Å². The maximum atomic E-state index is 12.2. The van der Waals surface area contributed by atoms with Crippen LogP contribution in [0.4, 0.5) is 4.79 Å². The quantitative estimate of drug-likeness (QED) is 0.687. The molecule has 1 saturated heterocycles. The molecule has 1 fully saturated rings. The zero-order valence-electron chi connectivity index (χ0n) is 17.0. The molecule has 1 aliphatic rings. The number of carbonyl (C=O) groups is 2. The first kappa shape index (κ1) is 21.2. The van der Waals surface area contributed by atoms with Gasteiger partial charge in [-0.1, -0.05) is 37.3 Å². The average Bonchev–Trinajstić information content (AvgIpc) is 2.68. The van der Waals surface area contributed by atoms with Gasteiger partial charge in [-0.15, -0.1) is 0 Å². The summed E-state index contributed by atoms with van der Waals surface area (Å²) >= 11 is 0. The van der Waals surface area contributed by atoms with Gasteiger partial charge in [0.25, 0.3) is 0 Å². The second-order valence-corrected chi connectivity index (χ2v) is 7.55. The van der Waals surface area contributed by atoms with Crippen LogP contribution < -0.4 is 16.0 Å². The molecule has 150 valence electrons. The minimum absolute atomic E-state index is 0.112. The van der Waals surface area contributed by atoms with E-state index in [2.05, 4.69) is 52.0 Å². The third-order valence-electron chi connectivity index (χ3n) is 5.44. The van der Waals surface area contributed by atoms with Crippen molar-refractivity contribution in [2.75, 3.05) is 13.1 Å². The van der Waals surface area contributed by atoms with E-state index in [4.69, 9.17) is 0 Å². The smallest absolute Gasteiger partial charge is 0.315 e. The normalized spacial score (nSPS) is 19.0. The molecule has 1 aromatic rings. The van der Waals surface area contributed by atoms with Crippen LogP contribution in [0.25, 0.3) is 0 Å². The summed E-state index contributed by atoms with van der Waals surface area (Å²) < 4.78 is 0. The molecule has 27 heavy (non-hydrogen) atoms. The van der Waals surface area contributed by atoms with Crippen LogP contribution in [0.1, 0.15) is 58.6 Å². The van der Waals surface area contributed by atoms with Crippen LogP contribution in [-0.4, -0.2) is 48.1 Å². The molecule has 0 saturated carbocycles. The van der Waals surface area contributed by atoms with Gasteiger partial charge < -0.3 is 16.0 Å². The molecule has 3 amide bonds. The first-order valence-corrected chi connectivity index (χ1v) is 10.1. The van der Waals surface area contributed by atoms with Crippen LogP contribution in [0.5, 0.6) is 0 Å². The summed E-state index contributed by atoms with van der Waals surface area (Å²) in [5.41, 5.74) is 1.32. The second-order valence-electron chi connectivity index (χ2n) is 7.55. The van der Waals surface area contributed by atoms with E-state index in [9.17, 15) is 9.59 Å². The molecule has 1 aromatic carbocycles. The summed E-state index contributed by atoms with van der Waals surface area (Å²) in [7, 11) is 0. The standard InChI is InChI=1S/C21H34N4O2/c1-5-15(2)22-20(26)16(3)23-21(27)24-19-11-13-25(14-12-19)17(4)18-9-7-6-8-10-18/h6-10,15-17,19H,5,11-14H2,1-4H3,(H,22,26)(H2,23,24,27). The number of piperidine rings is 1.